The Labute approximate surface area is 116 Å². The van der Waals surface area contributed by atoms with Crippen LogP contribution in [-0.2, 0) is 11.3 Å². The van der Waals surface area contributed by atoms with E-state index in [1.54, 1.807) is 23.3 Å². The van der Waals surface area contributed by atoms with E-state index in [0.29, 0.717) is 13.0 Å². The fraction of sp³-hybridized carbons (Fsp3) is 0.538. The van der Waals surface area contributed by atoms with Crippen molar-refractivity contribution in [3.8, 4) is 0 Å². The molecule has 1 aliphatic carbocycles. The highest BCUT2D eigenvalue weighted by Crippen LogP contribution is 2.26. The Morgan fingerprint density at radius 3 is 2.95 bits per heavy atom. The normalized spacial score (nSPS) is 22.2. The zero-order valence-electron chi connectivity index (χ0n) is 10.8. The van der Waals surface area contributed by atoms with Crippen LogP contribution in [0, 0.1) is 5.92 Å². The second-order valence-corrected chi connectivity index (χ2v) is 5.70. The van der Waals surface area contributed by atoms with Gasteiger partial charge in [-0.05, 0) is 35.2 Å². The Kier molecular flexibility index (Phi) is 4.42. The van der Waals surface area contributed by atoms with Crippen LogP contribution in [0.3, 0.4) is 0 Å². The Bertz CT molecular complexity index is 447. The van der Waals surface area contributed by atoms with E-state index in [0.717, 1.165) is 18.4 Å². The van der Waals surface area contributed by atoms with E-state index in [9.17, 15) is 9.59 Å². The molecule has 2 rings (SSSR count). The average Bonchev–Trinajstić information content (AvgIpc) is 2.99. The molecule has 0 aromatic carbocycles. The molecule has 1 fully saturated rings. The quantitative estimate of drug-likeness (QED) is 0.889. The number of rotatable bonds is 4. The zero-order valence-corrected chi connectivity index (χ0v) is 11.7. The van der Waals surface area contributed by atoms with Gasteiger partial charge in [-0.25, -0.2) is 4.79 Å². The van der Waals surface area contributed by atoms with Crippen molar-refractivity contribution in [1.29, 1.82) is 0 Å². The molecule has 0 saturated heterocycles. The molecule has 2 unspecified atom stereocenters. The SMILES string of the molecule is CN(Cc1ccsc1)C(=O)NC1CCCC1C(=O)O. The fourth-order valence-corrected chi connectivity index (χ4v) is 3.09. The maximum Gasteiger partial charge on any atom is 0.317 e. The number of thiophene rings is 1. The summed E-state index contributed by atoms with van der Waals surface area (Å²) in [5.41, 5.74) is 1.09. The molecule has 1 aromatic rings. The van der Waals surface area contributed by atoms with Crippen LogP contribution in [0.1, 0.15) is 24.8 Å². The molecular weight excluding hydrogens is 264 g/mol. The number of nitrogens with zero attached hydrogens (tertiary/aromatic N) is 1. The topological polar surface area (TPSA) is 69.6 Å². The lowest BCUT2D eigenvalue weighted by molar-refractivity contribution is -0.142. The first-order chi connectivity index (χ1) is 9.08. The second-order valence-electron chi connectivity index (χ2n) is 4.92. The maximum atomic E-state index is 12.0. The minimum absolute atomic E-state index is 0.204. The van der Waals surface area contributed by atoms with Gasteiger partial charge in [-0.2, -0.15) is 11.3 Å². The summed E-state index contributed by atoms with van der Waals surface area (Å²) in [6.07, 6.45) is 2.25. The van der Waals surface area contributed by atoms with Crippen molar-refractivity contribution < 1.29 is 14.7 Å². The van der Waals surface area contributed by atoms with E-state index < -0.39 is 11.9 Å². The lowest BCUT2D eigenvalue weighted by atomic mass is 10.0. The highest BCUT2D eigenvalue weighted by atomic mass is 32.1. The summed E-state index contributed by atoms with van der Waals surface area (Å²) < 4.78 is 0. The minimum Gasteiger partial charge on any atom is -0.481 e. The van der Waals surface area contributed by atoms with Crippen LogP contribution in [0.25, 0.3) is 0 Å². The third-order valence-corrected chi connectivity index (χ3v) is 4.22. The Morgan fingerprint density at radius 1 is 1.53 bits per heavy atom. The highest BCUT2D eigenvalue weighted by molar-refractivity contribution is 7.07. The first kappa shape index (κ1) is 13.9. The smallest absolute Gasteiger partial charge is 0.317 e. The van der Waals surface area contributed by atoms with E-state index >= 15 is 0 Å². The third kappa shape index (κ3) is 3.47. The van der Waals surface area contributed by atoms with Crippen LogP contribution in [0.2, 0.25) is 0 Å². The molecule has 0 bridgehead atoms. The van der Waals surface area contributed by atoms with Gasteiger partial charge in [0, 0.05) is 19.6 Å². The Balaban J connectivity index is 1.88. The standard InChI is InChI=1S/C13H18N2O3S/c1-15(7-9-5-6-19-8-9)13(18)14-11-4-2-3-10(11)12(16)17/h5-6,8,10-11H,2-4,7H2,1H3,(H,14,18)(H,16,17). The van der Waals surface area contributed by atoms with Crippen molar-refractivity contribution in [2.75, 3.05) is 7.05 Å². The fourth-order valence-electron chi connectivity index (χ4n) is 2.43. The number of hydrogen-bond donors (Lipinski definition) is 2. The molecule has 1 saturated carbocycles. The van der Waals surface area contributed by atoms with Gasteiger partial charge in [0.2, 0.25) is 0 Å². The number of carboxylic acids is 1. The predicted octanol–water partition coefficient (Wildman–Crippen LogP) is 2.14. The molecular formula is C13H18N2O3S. The van der Waals surface area contributed by atoms with E-state index in [1.165, 1.54) is 0 Å². The number of carboxylic acid groups (broad SMARTS) is 1. The lowest BCUT2D eigenvalue weighted by Crippen LogP contribution is -2.45. The second kappa shape index (κ2) is 6.06. The molecule has 19 heavy (non-hydrogen) atoms. The molecule has 2 N–H and O–H groups in total. The van der Waals surface area contributed by atoms with Crippen LogP contribution < -0.4 is 5.32 Å². The van der Waals surface area contributed by atoms with Crippen LogP contribution in [0.4, 0.5) is 4.79 Å². The number of urea groups is 1. The van der Waals surface area contributed by atoms with Crippen LogP contribution in [0.5, 0.6) is 0 Å². The number of nitrogens with one attached hydrogen (secondary N) is 1. The van der Waals surface area contributed by atoms with Crippen molar-refractivity contribution in [2.24, 2.45) is 5.92 Å². The Morgan fingerprint density at radius 2 is 2.32 bits per heavy atom. The van der Waals surface area contributed by atoms with E-state index in [1.807, 2.05) is 16.8 Å². The molecule has 1 aliphatic rings. The molecule has 1 aromatic heterocycles. The first-order valence-corrected chi connectivity index (χ1v) is 7.27. The van der Waals surface area contributed by atoms with Gasteiger partial charge in [-0.3, -0.25) is 4.79 Å². The van der Waals surface area contributed by atoms with Gasteiger partial charge in [0.15, 0.2) is 0 Å². The van der Waals surface area contributed by atoms with Crippen LogP contribution in [0.15, 0.2) is 16.8 Å². The van der Waals surface area contributed by atoms with Gasteiger partial charge < -0.3 is 15.3 Å². The molecule has 2 amide bonds. The predicted molar refractivity (Wildman–Crippen MR) is 73.1 cm³/mol. The molecule has 0 spiro atoms. The summed E-state index contributed by atoms with van der Waals surface area (Å²) in [6.45, 7) is 0.541. The summed E-state index contributed by atoms with van der Waals surface area (Å²) in [7, 11) is 1.72. The zero-order chi connectivity index (χ0) is 13.8. The van der Waals surface area contributed by atoms with Crippen molar-refractivity contribution in [2.45, 2.75) is 31.8 Å². The summed E-state index contributed by atoms with van der Waals surface area (Å²) in [5, 5.41) is 15.9. The monoisotopic (exact) mass is 282 g/mol. The molecule has 0 aliphatic heterocycles. The summed E-state index contributed by atoms with van der Waals surface area (Å²) in [6, 6.07) is 1.53. The summed E-state index contributed by atoms with van der Waals surface area (Å²) >= 11 is 1.59. The van der Waals surface area contributed by atoms with E-state index in [2.05, 4.69) is 5.32 Å². The maximum absolute atomic E-state index is 12.0. The van der Waals surface area contributed by atoms with E-state index in [4.69, 9.17) is 5.11 Å². The molecule has 1 heterocycles. The lowest BCUT2D eigenvalue weighted by Gasteiger charge is -2.23. The molecule has 104 valence electrons. The van der Waals surface area contributed by atoms with Gasteiger partial charge in [0.25, 0.3) is 0 Å². The Hall–Kier alpha value is -1.56. The number of hydrogen-bond acceptors (Lipinski definition) is 3. The van der Waals surface area contributed by atoms with Gasteiger partial charge in [-0.15, -0.1) is 0 Å². The summed E-state index contributed by atoms with van der Waals surface area (Å²) in [4.78, 5) is 24.7. The highest BCUT2D eigenvalue weighted by Gasteiger charge is 2.34. The van der Waals surface area contributed by atoms with Gasteiger partial charge in [0.1, 0.15) is 0 Å². The average molecular weight is 282 g/mol. The van der Waals surface area contributed by atoms with Crippen molar-refractivity contribution in [3.05, 3.63) is 22.4 Å². The third-order valence-electron chi connectivity index (χ3n) is 3.49. The van der Waals surface area contributed by atoms with E-state index in [-0.39, 0.29) is 12.1 Å². The van der Waals surface area contributed by atoms with Crippen molar-refractivity contribution in [3.63, 3.8) is 0 Å². The molecule has 0 radical (unpaired) electrons. The minimum atomic E-state index is -0.816. The number of carbonyl (C=O) groups is 2. The number of aliphatic carboxylic acids is 1. The first-order valence-electron chi connectivity index (χ1n) is 6.33. The van der Waals surface area contributed by atoms with Gasteiger partial charge in [-0.1, -0.05) is 6.42 Å². The molecule has 5 nitrogen and oxygen atoms in total. The van der Waals surface area contributed by atoms with Crippen molar-refractivity contribution >= 4 is 23.3 Å². The van der Waals surface area contributed by atoms with Crippen molar-refractivity contribution in [1.82, 2.24) is 10.2 Å². The van der Waals surface area contributed by atoms with Crippen LogP contribution >= 0.6 is 11.3 Å². The summed E-state index contributed by atoms with van der Waals surface area (Å²) in [5.74, 6) is -1.26. The van der Waals surface area contributed by atoms with Gasteiger partial charge >= 0.3 is 12.0 Å². The largest absolute Gasteiger partial charge is 0.481 e. The number of carbonyl (C=O) groups excluding carboxylic acids is 1. The van der Waals surface area contributed by atoms with Gasteiger partial charge in [0.05, 0.1) is 5.92 Å². The molecule has 2 atom stereocenters. The number of amides is 2. The molecule has 6 heteroatoms. The van der Waals surface area contributed by atoms with Crippen LogP contribution in [-0.4, -0.2) is 35.1 Å².